The van der Waals surface area contributed by atoms with Crippen molar-refractivity contribution < 1.29 is 14.3 Å². The summed E-state index contributed by atoms with van der Waals surface area (Å²) in [6.07, 6.45) is 2.50. The summed E-state index contributed by atoms with van der Waals surface area (Å²) in [6.45, 7) is 1.36. The second-order valence-electron chi connectivity index (χ2n) is 4.94. The molecule has 0 heterocycles. The Balaban J connectivity index is 2.17. The molecule has 4 heteroatoms. The number of hydrogen-bond donors (Lipinski definition) is 1. The van der Waals surface area contributed by atoms with Crippen LogP contribution in [0.2, 0.25) is 0 Å². The van der Waals surface area contributed by atoms with Crippen molar-refractivity contribution in [2.75, 3.05) is 20.8 Å². The molecule has 0 aliphatic heterocycles. The average molecular weight is 263 g/mol. The molecular weight excluding hydrogens is 242 g/mol. The van der Waals surface area contributed by atoms with E-state index in [0.717, 1.165) is 17.7 Å². The molecule has 1 aliphatic carbocycles. The highest BCUT2D eigenvalue weighted by Gasteiger charge is 2.27. The summed E-state index contributed by atoms with van der Waals surface area (Å²) in [5, 5.41) is 3.32. The second-order valence-corrected chi connectivity index (χ2v) is 4.94. The normalized spacial score (nSPS) is 16.1. The average Bonchev–Trinajstić information content (AvgIpc) is 3.25. The quantitative estimate of drug-likeness (QED) is 0.765. The van der Waals surface area contributed by atoms with Crippen LogP contribution in [-0.2, 0) is 20.9 Å². The van der Waals surface area contributed by atoms with Gasteiger partial charge in [-0.25, -0.2) is 4.79 Å². The molecule has 0 radical (unpaired) electrons. The van der Waals surface area contributed by atoms with Crippen molar-refractivity contribution in [2.24, 2.45) is 5.92 Å². The third kappa shape index (κ3) is 3.78. The summed E-state index contributed by atoms with van der Waals surface area (Å²) in [5.41, 5.74) is 1.96. The monoisotopic (exact) mass is 263 g/mol. The summed E-state index contributed by atoms with van der Waals surface area (Å²) >= 11 is 0. The first kappa shape index (κ1) is 14.0. The Hall–Kier alpha value is -1.39. The standard InChI is InChI=1S/C15H21NO3/c1-18-10-12-5-3-4-6-13(12)14(15(17)19-2)16-9-11-7-8-11/h3-6,11,14,16H,7-10H2,1-2H3. The Morgan fingerprint density at radius 3 is 2.74 bits per heavy atom. The molecule has 1 aromatic rings. The zero-order valence-electron chi connectivity index (χ0n) is 11.5. The molecule has 1 N–H and O–H groups in total. The van der Waals surface area contributed by atoms with Crippen molar-refractivity contribution in [3.8, 4) is 0 Å². The smallest absolute Gasteiger partial charge is 0.327 e. The van der Waals surface area contributed by atoms with Crippen molar-refractivity contribution in [2.45, 2.75) is 25.5 Å². The molecule has 1 atom stereocenters. The lowest BCUT2D eigenvalue weighted by molar-refractivity contribution is -0.143. The van der Waals surface area contributed by atoms with Crippen LogP contribution in [0.15, 0.2) is 24.3 Å². The van der Waals surface area contributed by atoms with Crippen LogP contribution in [0.25, 0.3) is 0 Å². The molecule has 1 saturated carbocycles. The predicted molar refractivity (Wildman–Crippen MR) is 72.6 cm³/mol. The number of benzene rings is 1. The van der Waals surface area contributed by atoms with E-state index in [1.807, 2.05) is 24.3 Å². The molecule has 19 heavy (non-hydrogen) atoms. The summed E-state index contributed by atoms with van der Waals surface area (Å²) < 4.78 is 10.1. The summed E-state index contributed by atoms with van der Waals surface area (Å²) in [6, 6.07) is 7.41. The predicted octanol–water partition coefficient (Wildman–Crippen LogP) is 2.05. The van der Waals surface area contributed by atoms with E-state index in [1.54, 1.807) is 7.11 Å². The van der Waals surface area contributed by atoms with E-state index in [4.69, 9.17) is 9.47 Å². The van der Waals surface area contributed by atoms with Gasteiger partial charge in [0.2, 0.25) is 0 Å². The fraction of sp³-hybridized carbons (Fsp3) is 0.533. The van der Waals surface area contributed by atoms with Crippen LogP contribution in [0, 0.1) is 5.92 Å². The molecule has 1 fully saturated rings. The first-order valence-electron chi connectivity index (χ1n) is 6.64. The van der Waals surface area contributed by atoms with Crippen molar-refractivity contribution in [3.05, 3.63) is 35.4 Å². The molecule has 0 amide bonds. The highest BCUT2D eigenvalue weighted by Crippen LogP contribution is 2.29. The molecule has 4 nitrogen and oxygen atoms in total. The maximum absolute atomic E-state index is 12.0. The van der Waals surface area contributed by atoms with E-state index >= 15 is 0 Å². The van der Waals surface area contributed by atoms with Crippen LogP contribution < -0.4 is 5.32 Å². The number of esters is 1. The SMILES string of the molecule is COCc1ccccc1C(NCC1CC1)C(=O)OC. The number of rotatable bonds is 7. The van der Waals surface area contributed by atoms with E-state index in [1.165, 1.54) is 20.0 Å². The van der Waals surface area contributed by atoms with E-state index in [9.17, 15) is 4.79 Å². The minimum absolute atomic E-state index is 0.246. The maximum Gasteiger partial charge on any atom is 0.327 e. The molecule has 0 bridgehead atoms. The lowest BCUT2D eigenvalue weighted by atomic mass is 10.0. The van der Waals surface area contributed by atoms with Gasteiger partial charge in [-0.3, -0.25) is 0 Å². The molecule has 0 spiro atoms. The summed E-state index contributed by atoms with van der Waals surface area (Å²) in [4.78, 5) is 12.0. The Bertz CT molecular complexity index is 429. The van der Waals surface area contributed by atoms with Crippen molar-refractivity contribution in [3.63, 3.8) is 0 Å². The van der Waals surface area contributed by atoms with Gasteiger partial charge in [-0.1, -0.05) is 24.3 Å². The molecule has 2 rings (SSSR count). The number of hydrogen-bond acceptors (Lipinski definition) is 4. The summed E-state index contributed by atoms with van der Waals surface area (Å²) in [5.74, 6) is 0.464. The fourth-order valence-electron chi connectivity index (χ4n) is 2.15. The van der Waals surface area contributed by atoms with Gasteiger partial charge in [0.25, 0.3) is 0 Å². The van der Waals surface area contributed by atoms with Gasteiger partial charge in [0.1, 0.15) is 6.04 Å². The van der Waals surface area contributed by atoms with Crippen LogP contribution in [0.4, 0.5) is 0 Å². The zero-order valence-corrected chi connectivity index (χ0v) is 11.5. The third-order valence-electron chi connectivity index (χ3n) is 3.41. The third-order valence-corrected chi connectivity index (χ3v) is 3.41. The van der Waals surface area contributed by atoms with Gasteiger partial charge in [-0.05, 0) is 36.4 Å². The number of methoxy groups -OCH3 is 2. The first-order chi connectivity index (χ1) is 9.26. The number of ether oxygens (including phenoxy) is 2. The van der Waals surface area contributed by atoms with E-state index in [2.05, 4.69) is 5.32 Å². The molecule has 104 valence electrons. The summed E-state index contributed by atoms with van der Waals surface area (Å²) in [7, 11) is 3.08. The maximum atomic E-state index is 12.0. The molecular formula is C15H21NO3. The van der Waals surface area contributed by atoms with E-state index < -0.39 is 6.04 Å². The molecule has 0 aromatic heterocycles. The van der Waals surface area contributed by atoms with E-state index in [-0.39, 0.29) is 5.97 Å². The van der Waals surface area contributed by atoms with Crippen LogP contribution in [0.3, 0.4) is 0 Å². The van der Waals surface area contributed by atoms with Crippen LogP contribution in [0.5, 0.6) is 0 Å². The fourth-order valence-corrected chi connectivity index (χ4v) is 2.15. The van der Waals surface area contributed by atoms with Gasteiger partial charge in [0.15, 0.2) is 0 Å². The van der Waals surface area contributed by atoms with Gasteiger partial charge in [0.05, 0.1) is 13.7 Å². The van der Waals surface area contributed by atoms with Gasteiger partial charge in [-0.2, -0.15) is 0 Å². The number of carbonyl (C=O) groups excluding carboxylic acids is 1. The van der Waals surface area contributed by atoms with Crippen LogP contribution in [0.1, 0.15) is 30.0 Å². The Labute approximate surface area is 114 Å². The van der Waals surface area contributed by atoms with Gasteiger partial charge >= 0.3 is 5.97 Å². The topological polar surface area (TPSA) is 47.6 Å². The Morgan fingerprint density at radius 2 is 2.11 bits per heavy atom. The lowest BCUT2D eigenvalue weighted by Crippen LogP contribution is -2.32. The van der Waals surface area contributed by atoms with Crippen molar-refractivity contribution >= 4 is 5.97 Å². The largest absolute Gasteiger partial charge is 0.468 e. The molecule has 0 saturated heterocycles. The molecule has 1 aliphatic rings. The molecule has 1 aromatic carbocycles. The van der Waals surface area contributed by atoms with Gasteiger partial charge in [-0.15, -0.1) is 0 Å². The van der Waals surface area contributed by atoms with E-state index in [0.29, 0.717) is 12.5 Å². The van der Waals surface area contributed by atoms with Crippen LogP contribution >= 0.6 is 0 Å². The number of nitrogens with one attached hydrogen (secondary N) is 1. The number of carbonyl (C=O) groups is 1. The van der Waals surface area contributed by atoms with Crippen LogP contribution in [-0.4, -0.2) is 26.7 Å². The van der Waals surface area contributed by atoms with Crippen molar-refractivity contribution in [1.82, 2.24) is 5.32 Å². The Morgan fingerprint density at radius 1 is 1.37 bits per heavy atom. The first-order valence-corrected chi connectivity index (χ1v) is 6.64. The zero-order chi connectivity index (χ0) is 13.7. The minimum Gasteiger partial charge on any atom is -0.468 e. The van der Waals surface area contributed by atoms with Gasteiger partial charge in [0, 0.05) is 7.11 Å². The highest BCUT2D eigenvalue weighted by molar-refractivity contribution is 5.78. The highest BCUT2D eigenvalue weighted by atomic mass is 16.5. The van der Waals surface area contributed by atoms with Crippen molar-refractivity contribution in [1.29, 1.82) is 0 Å². The Kier molecular flexibility index (Phi) is 4.93. The van der Waals surface area contributed by atoms with Gasteiger partial charge < -0.3 is 14.8 Å². The lowest BCUT2D eigenvalue weighted by Gasteiger charge is -2.19. The minimum atomic E-state index is -0.406. The second kappa shape index (κ2) is 6.68. The molecule has 1 unspecified atom stereocenters.